The topological polar surface area (TPSA) is 54.5 Å². The van der Waals surface area contributed by atoms with Gasteiger partial charge in [0.25, 0.3) is 0 Å². The zero-order valence-electron chi connectivity index (χ0n) is 12.7. The second-order valence-corrected chi connectivity index (χ2v) is 7.78. The van der Waals surface area contributed by atoms with Crippen molar-refractivity contribution in [3.05, 3.63) is 16.6 Å². The molecule has 1 aliphatic carbocycles. The van der Waals surface area contributed by atoms with Crippen molar-refractivity contribution in [2.75, 3.05) is 19.6 Å². The van der Waals surface area contributed by atoms with Crippen molar-refractivity contribution in [1.82, 2.24) is 15.2 Å². The van der Waals surface area contributed by atoms with Crippen LogP contribution < -0.4 is 5.32 Å². The van der Waals surface area contributed by atoms with Gasteiger partial charge in [0.05, 0.1) is 12.6 Å². The number of ether oxygens (including phenoxy) is 1. The molecule has 1 N–H and O–H groups in total. The van der Waals surface area contributed by atoms with Gasteiger partial charge in [0.15, 0.2) is 0 Å². The van der Waals surface area contributed by atoms with Crippen LogP contribution in [0.2, 0.25) is 0 Å². The quantitative estimate of drug-likeness (QED) is 0.896. The Labute approximate surface area is 135 Å². The lowest BCUT2D eigenvalue weighted by molar-refractivity contribution is -0.132. The molecule has 0 unspecified atom stereocenters. The Morgan fingerprint density at radius 3 is 3.14 bits per heavy atom. The van der Waals surface area contributed by atoms with Gasteiger partial charge in [0.2, 0.25) is 5.91 Å². The summed E-state index contributed by atoms with van der Waals surface area (Å²) in [7, 11) is 0. The van der Waals surface area contributed by atoms with Crippen LogP contribution >= 0.6 is 11.3 Å². The first kappa shape index (κ1) is 14.6. The monoisotopic (exact) mass is 321 g/mol. The van der Waals surface area contributed by atoms with Gasteiger partial charge in [-0.25, -0.2) is 4.98 Å². The van der Waals surface area contributed by atoms with Gasteiger partial charge < -0.3 is 10.1 Å². The third-order valence-corrected chi connectivity index (χ3v) is 5.80. The number of nitrogens with zero attached hydrogens (tertiary/aromatic N) is 2. The number of hydrogen-bond donors (Lipinski definition) is 1. The van der Waals surface area contributed by atoms with Crippen LogP contribution in [0.15, 0.2) is 11.6 Å². The van der Waals surface area contributed by atoms with E-state index >= 15 is 0 Å². The molecule has 22 heavy (non-hydrogen) atoms. The van der Waals surface area contributed by atoms with Gasteiger partial charge in [-0.2, -0.15) is 0 Å². The smallest absolute Gasteiger partial charge is 0.249 e. The number of thiazole rings is 1. The molecular weight excluding hydrogens is 298 g/mol. The van der Waals surface area contributed by atoms with E-state index in [9.17, 15) is 4.79 Å². The van der Waals surface area contributed by atoms with Crippen LogP contribution in [0.5, 0.6) is 0 Å². The molecule has 3 fully saturated rings. The summed E-state index contributed by atoms with van der Waals surface area (Å²) >= 11 is 1.70. The van der Waals surface area contributed by atoms with Crippen molar-refractivity contribution in [1.29, 1.82) is 0 Å². The van der Waals surface area contributed by atoms with Crippen molar-refractivity contribution in [2.24, 2.45) is 11.8 Å². The molecule has 3 aliphatic rings. The van der Waals surface area contributed by atoms with E-state index in [-0.39, 0.29) is 18.1 Å². The largest absolute Gasteiger partial charge is 0.364 e. The van der Waals surface area contributed by atoms with E-state index in [0.717, 1.165) is 49.9 Å². The van der Waals surface area contributed by atoms with Crippen molar-refractivity contribution in [2.45, 2.75) is 44.4 Å². The summed E-state index contributed by atoms with van der Waals surface area (Å²) in [5, 5.41) is 6.24. The fraction of sp³-hybridized carbons (Fsp3) is 0.750. The Hall–Kier alpha value is -0.980. The van der Waals surface area contributed by atoms with E-state index in [0.29, 0.717) is 5.92 Å². The molecule has 0 aromatic carbocycles. The van der Waals surface area contributed by atoms with Crippen LogP contribution in [0.4, 0.5) is 0 Å². The first-order valence-corrected chi connectivity index (χ1v) is 9.20. The van der Waals surface area contributed by atoms with E-state index in [1.165, 1.54) is 12.8 Å². The molecule has 2 saturated heterocycles. The van der Waals surface area contributed by atoms with Gasteiger partial charge in [-0.05, 0) is 44.1 Å². The number of fused-ring (bicyclic) bond motifs is 1. The number of likely N-dealkylation sites (tertiary alicyclic amines) is 1. The minimum Gasteiger partial charge on any atom is -0.364 e. The maximum atomic E-state index is 12.2. The highest BCUT2D eigenvalue weighted by molar-refractivity contribution is 7.09. The molecule has 0 bridgehead atoms. The number of rotatable bonds is 5. The molecule has 3 atom stereocenters. The molecule has 6 heteroatoms. The van der Waals surface area contributed by atoms with Crippen LogP contribution in [-0.4, -0.2) is 47.6 Å². The highest BCUT2D eigenvalue weighted by Gasteiger charge is 2.42. The summed E-state index contributed by atoms with van der Waals surface area (Å²) < 4.78 is 6.06. The third kappa shape index (κ3) is 3.34. The summed E-state index contributed by atoms with van der Waals surface area (Å²) in [6.07, 6.45) is 6.40. The molecule has 2 aliphatic heterocycles. The normalized spacial score (nSPS) is 31.9. The second kappa shape index (κ2) is 6.26. The van der Waals surface area contributed by atoms with Gasteiger partial charge in [0.1, 0.15) is 11.1 Å². The molecule has 3 heterocycles. The number of hydrogen-bond acceptors (Lipinski definition) is 5. The predicted octanol–water partition coefficient (Wildman–Crippen LogP) is 1.65. The zero-order valence-corrected chi connectivity index (χ0v) is 13.6. The molecule has 0 spiro atoms. The number of carbonyl (C=O) groups is 1. The minimum atomic E-state index is -0.228. The molecular formula is C16H23N3O2S. The second-order valence-electron chi connectivity index (χ2n) is 6.80. The molecule has 5 nitrogen and oxygen atoms in total. The molecule has 1 aromatic heterocycles. The van der Waals surface area contributed by atoms with Crippen LogP contribution in [-0.2, 0) is 16.1 Å². The first-order chi connectivity index (χ1) is 10.8. The van der Waals surface area contributed by atoms with Crippen molar-refractivity contribution >= 4 is 17.2 Å². The maximum absolute atomic E-state index is 12.2. The van der Waals surface area contributed by atoms with Crippen molar-refractivity contribution < 1.29 is 9.53 Å². The number of amides is 1. The highest BCUT2D eigenvalue weighted by Crippen LogP contribution is 2.34. The summed E-state index contributed by atoms with van der Waals surface area (Å²) in [5.41, 5.74) is 0. The minimum absolute atomic E-state index is 0.104. The van der Waals surface area contributed by atoms with Crippen LogP contribution in [0.25, 0.3) is 0 Å². The van der Waals surface area contributed by atoms with Gasteiger partial charge in [-0.3, -0.25) is 9.69 Å². The summed E-state index contributed by atoms with van der Waals surface area (Å²) in [4.78, 5) is 19.0. The van der Waals surface area contributed by atoms with E-state index in [2.05, 4.69) is 15.2 Å². The number of aromatic nitrogens is 1. The first-order valence-electron chi connectivity index (χ1n) is 8.32. The lowest BCUT2D eigenvalue weighted by atomic mass is 9.91. The Kier molecular flexibility index (Phi) is 4.15. The average molecular weight is 321 g/mol. The Balaban J connectivity index is 1.28. The van der Waals surface area contributed by atoms with E-state index in [4.69, 9.17) is 4.74 Å². The van der Waals surface area contributed by atoms with Gasteiger partial charge in [0, 0.05) is 24.7 Å². The van der Waals surface area contributed by atoms with E-state index in [1.807, 2.05) is 11.6 Å². The molecule has 1 saturated carbocycles. The molecule has 0 radical (unpaired) electrons. The summed E-state index contributed by atoms with van der Waals surface area (Å²) in [5.74, 6) is 1.37. The van der Waals surface area contributed by atoms with Crippen molar-refractivity contribution in [3.8, 4) is 0 Å². The van der Waals surface area contributed by atoms with Crippen LogP contribution in [0.1, 0.15) is 30.7 Å². The van der Waals surface area contributed by atoms with Crippen LogP contribution in [0.3, 0.4) is 0 Å². The van der Waals surface area contributed by atoms with E-state index in [1.54, 1.807) is 11.3 Å². The Morgan fingerprint density at radius 2 is 2.36 bits per heavy atom. The summed E-state index contributed by atoms with van der Waals surface area (Å²) in [6.45, 7) is 3.75. The Morgan fingerprint density at radius 1 is 1.45 bits per heavy atom. The van der Waals surface area contributed by atoms with Gasteiger partial charge in [-0.15, -0.1) is 11.3 Å². The molecule has 1 amide bonds. The molecule has 4 rings (SSSR count). The van der Waals surface area contributed by atoms with Gasteiger partial charge >= 0.3 is 0 Å². The van der Waals surface area contributed by atoms with Crippen molar-refractivity contribution in [3.63, 3.8) is 0 Å². The zero-order chi connectivity index (χ0) is 14.9. The average Bonchev–Trinajstić information content (AvgIpc) is 3.03. The highest BCUT2D eigenvalue weighted by atomic mass is 32.1. The van der Waals surface area contributed by atoms with Gasteiger partial charge in [-0.1, -0.05) is 0 Å². The number of nitrogens with one attached hydrogen (secondary N) is 1. The lowest BCUT2D eigenvalue weighted by Crippen LogP contribution is -2.42. The predicted molar refractivity (Wildman–Crippen MR) is 84.5 cm³/mol. The molecule has 120 valence electrons. The Bertz CT molecular complexity index is 517. The SMILES string of the molecule is O=C(NCC1CC1)[C@@H]1C[C@@H]2CCN(Cc3nccs3)C[C@H]2O1. The molecule has 1 aromatic rings. The fourth-order valence-electron chi connectivity index (χ4n) is 3.51. The summed E-state index contributed by atoms with van der Waals surface area (Å²) in [6, 6.07) is 0. The number of carbonyl (C=O) groups excluding carboxylic acids is 1. The fourth-order valence-corrected chi connectivity index (χ4v) is 4.17. The lowest BCUT2D eigenvalue weighted by Gasteiger charge is -2.33. The standard InChI is InChI=1S/C16H23N3O2S/c20-16(18-8-11-1-2-11)13-7-12-3-5-19(9-14(12)21-13)10-15-17-4-6-22-15/h4,6,11-14H,1-3,5,7-10H2,(H,18,20)/t12-,13-,14+/m0/s1. The third-order valence-electron chi connectivity index (χ3n) is 5.03. The maximum Gasteiger partial charge on any atom is 0.249 e. The van der Waals surface area contributed by atoms with Crippen LogP contribution in [0, 0.1) is 11.8 Å². The number of piperidine rings is 1. The van der Waals surface area contributed by atoms with E-state index < -0.39 is 0 Å².